The Morgan fingerprint density at radius 3 is 2.17 bits per heavy atom. The lowest BCUT2D eigenvalue weighted by atomic mass is 9.84. The van der Waals surface area contributed by atoms with Gasteiger partial charge in [0.2, 0.25) is 0 Å². The van der Waals surface area contributed by atoms with Gasteiger partial charge in [-0.2, -0.15) is 0 Å². The molecule has 2 heterocycles. The Labute approximate surface area is 216 Å². The van der Waals surface area contributed by atoms with Crippen LogP contribution in [0.15, 0.2) is 12.3 Å². The number of aliphatic carboxylic acids is 1. The van der Waals surface area contributed by atoms with Gasteiger partial charge in [-0.05, 0) is 24.0 Å². The van der Waals surface area contributed by atoms with Crippen molar-refractivity contribution < 1.29 is 24.1 Å². The second kappa shape index (κ2) is 16.8. The molecule has 0 spiro atoms. The van der Waals surface area contributed by atoms with E-state index >= 15 is 0 Å². The number of aromatic nitrogens is 1. The summed E-state index contributed by atoms with van der Waals surface area (Å²) in [5.74, 6) is -0.160. The molecule has 206 valence electrons. The first-order valence-corrected chi connectivity index (χ1v) is 13.2. The minimum atomic E-state index is -0.824. The predicted molar refractivity (Wildman–Crippen MR) is 141 cm³/mol. The zero-order valence-electron chi connectivity index (χ0n) is 22.6. The summed E-state index contributed by atoms with van der Waals surface area (Å²) < 4.78 is 16.7. The fraction of sp³-hybridized carbons (Fsp3) is 0.769. The topological polar surface area (TPSA) is 117 Å². The molecule has 0 aliphatic carbocycles. The summed E-state index contributed by atoms with van der Waals surface area (Å²) in [6.45, 7) is 17.3. The number of pyridine rings is 1. The maximum atomic E-state index is 12.4. The van der Waals surface area contributed by atoms with Gasteiger partial charge in [-0.1, -0.05) is 20.8 Å². The number of ether oxygens (including phenoxy) is 3. The van der Waals surface area contributed by atoms with Crippen LogP contribution in [0.2, 0.25) is 0 Å². The third-order valence-electron chi connectivity index (χ3n) is 6.05. The number of carboxylic acids is 1. The molecule has 1 aromatic rings. The lowest BCUT2D eigenvalue weighted by Gasteiger charge is -2.31. The van der Waals surface area contributed by atoms with E-state index in [0.29, 0.717) is 58.3 Å². The molecule has 1 saturated heterocycles. The van der Waals surface area contributed by atoms with E-state index in [2.05, 4.69) is 46.6 Å². The van der Waals surface area contributed by atoms with Crippen molar-refractivity contribution in [3.8, 4) is 5.75 Å². The SMILES string of the molecule is CCOCCOCCOc1cnc(CC(C(=O)O)N2CCNCCNCCNCC2)c(C(C)(C)C)c1. The summed E-state index contributed by atoms with van der Waals surface area (Å²) in [7, 11) is 0. The highest BCUT2D eigenvalue weighted by Gasteiger charge is 2.29. The Morgan fingerprint density at radius 2 is 1.58 bits per heavy atom. The number of hydrogen-bond acceptors (Lipinski definition) is 9. The van der Waals surface area contributed by atoms with E-state index < -0.39 is 12.0 Å². The molecule has 0 bridgehead atoms. The maximum absolute atomic E-state index is 12.4. The minimum Gasteiger partial charge on any atom is -0.490 e. The molecule has 4 N–H and O–H groups in total. The number of nitrogens with one attached hydrogen (secondary N) is 3. The molecule has 2 rings (SSSR count). The predicted octanol–water partition coefficient (Wildman–Crippen LogP) is 0.891. The minimum absolute atomic E-state index is 0.212. The fourth-order valence-electron chi connectivity index (χ4n) is 4.10. The molecule has 0 aromatic carbocycles. The lowest BCUT2D eigenvalue weighted by molar-refractivity contribution is -0.143. The summed E-state index contributed by atoms with van der Waals surface area (Å²) in [5, 5.41) is 20.4. The largest absolute Gasteiger partial charge is 0.490 e. The van der Waals surface area contributed by atoms with Crippen LogP contribution in [-0.4, -0.2) is 112 Å². The van der Waals surface area contributed by atoms with Crippen LogP contribution >= 0.6 is 0 Å². The van der Waals surface area contributed by atoms with Crippen LogP contribution in [-0.2, 0) is 26.1 Å². The molecule has 1 unspecified atom stereocenters. The van der Waals surface area contributed by atoms with Crippen molar-refractivity contribution in [3.63, 3.8) is 0 Å². The molecule has 1 aromatic heterocycles. The van der Waals surface area contributed by atoms with Gasteiger partial charge in [0.15, 0.2) is 0 Å². The zero-order chi connectivity index (χ0) is 26.2. The van der Waals surface area contributed by atoms with Crippen molar-refractivity contribution >= 4 is 5.97 Å². The van der Waals surface area contributed by atoms with E-state index in [0.717, 1.165) is 50.5 Å². The van der Waals surface area contributed by atoms with Gasteiger partial charge in [0.25, 0.3) is 0 Å². The molecule has 1 atom stereocenters. The van der Waals surface area contributed by atoms with Gasteiger partial charge in [0.05, 0.1) is 26.0 Å². The molecule has 0 amide bonds. The highest BCUT2D eigenvalue weighted by Crippen LogP contribution is 2.29. The Hall–Kier alpha value is -1.82. The molecular weight excluding hydrogens is 462 g/mol. The van der Waals surface area contributed by atoms with E-state index in [1.54, 1.807) is 6.20 Å². The molecule has 10 nitrogen and oxygen atoms in total. The van der Waals surface area contributed by atoms with Gasteiger partial charge in [0, 0.05) is 71.1 Å². The standard InChI is InChI=1S/C26H47N5O5/c1-5-34-14-15-35-16-17-36-21-18-22(26(2,3)4)23(30-20-21)19-24(25(32)33)31-12-10-28-8-6-27-7-9-29-11-13-31/h18,20,24,27-29H,5-17,19H2,1-4H3,(H,32,33). The van der Waals surface area contributed by atoms with E-state index in [1.807, 2.05) is 13.0 Å². The van der Waals surface area contributed by atoms with Crippen molar-refractivity contribution in [3.05, 3.63) is 23.5 Å². The first-order chi connectivity index (χ1) is 17.3. The molecule has 1 fully saturated rings. The van der Waals surface area contributed by atoms with Crippen LogP contribution in [0.4, 0.5) is 0 Å². The van der Waals surface area contributed by atoms with Crippen LogP contribution in [0.3, 0.4) is 0 Å². The number of carbonyl (C=O) groups is 1. The average molecular weight is 510 g/mol. The average Bonchev–Trinajstić information content (AvgIpc) is 2.82. The third-order valence-corrected chi connectivity index (χ3v) is 6.05. The Morgan fingerprint density at radius 1 is 1.00 bits per heavy atom. The normalized spacial score (nSPS) is 17.7. The second-order valence-electron chi connectivity index (χ2n) is 9.92. The molecular formula is C26H47N5O5. The summed E-state index contributed by atoms with van der Waals surface area (Å²) in [6, 6.07) is 1.34. The fourth-order valence-corrected chi connectivity index (χ4v) is 4.10. The van der Waals surface area contributed by atoms with Crippen LogP contribution in [0.25, 0.3) is 0 Å². The van der Waals surface area contributed by atoms with Crippen molar-refractivity contribution in [1.82, 2.24) is 25.8 Å². The molecule has 0 radical (unpaired) electrons. The number of carboxylic acid groups (broad SMARTS) is 1. The van der Waals surface area contributed by atoms with Crippen molar-refractivity contribution in [2.45, 2.75) is 45.6 Å². The summed E-state index contributed by atoms with van der Waals surface area (Å²) >= 11 is 0. The van der Waals surface area contributed by atoms with Crippen LogP contribution in [0.1, 0.15) is 39.0 Å². The second-order valence-corrected chi connectivity index (χ2v) is 9.92. The van der Waals surface area contributed by atoms with Gasteiger partial charge >= 0.3 is 5.97 Å². The zero-order valence-corrected chi connectivity index (χ0v) is 22.6. The summed E-state index contributed by atoms with van der Waals surface area (Å²) in [5.41, 5.74) is 1.59. The highest BCUT2D eigenvalue weighted by molar-refractivity contribution is 5.74. The summed E-state index contributed by atoms with van der Waals surface area (Å²) in [4.78, 5) is 19.1. The molecule has 1 aliphatic rings. The van der Waals surface area contributed by atoms with Gasteiger partial charge in [0.1, 0.15) is 18.4 Å². The number of hydrogen-bond donors (Lipinski definition) is 4. The monoisotopic (exact) mass is 509 g/mol. The lowest BCUT2D eigenvalue weighted by Crippen LogP contribution is -2.49. The van der Waals surface area contributed by atoms with E-state index in [9.17, 15) is 9.90 Å². The van der Waals surface area contributed by atoms with E-state index in [4.69, 9.17) is 14.2 Å². The first-order valence-electron chi connectivity index (χ1n) is 13.2. The van der Waals surface area contributed by atoms with Crippen molar-refractivity contribution in [2.24, 2.45) is 0 Å². The maximum Gasteiger partial charge on any atom is 0.321 e. The first kappa shape index (κ1) is 30.4. The van der Waals surface area contributed by atoms with Gasteiger partial charge in [-0.15, -0.1) is 0 Å². The third kappa shape index (κ3) is 11.5. The van der Waals surface area contributed by atoms with Gasteiger partial charge < -0.3 is 35.3 Å². The molecule has 0 saturated carbocycles. The summed E-state index contributed by atoms with van der Waals surface area (Å²) in [6.07, 6.45) is 2.03. The van der Waals surface area contributed by atoms with E-state index in [1.165, 1.54) is 0 Å². The highest BCUT2D eigenvalue weighted by atomic mass is 16.5. The number of rotatable bonds is 12. The van der Waals surface area contributed by atoms with Crippen LogP contribution < -0.4 is 20.7 Å². The van der Waals surface area contributed by atoms with Crippen LogP contribution in [0, 0.1) is 0 Å². The van der Waals surface area contributed by atoms with Crippen molar-refractivity contribution in [1.29, 1.82) is 0 Å². The van der Waals surface area contributed by atoms with Crippen LogP contribution in [0.5, 0.6) is 5.75 Å². The van der Waals surface area contributed by atoms with Crippen molar-refractivity contribution in [2.75, 3.05) is 85.4 Å². The van der Waals surface area contributed by atoms with Gasteiger partial charge in [-0.3, -0.25) is 14.7 Å². The molecule has 36 heavy (non-hydrogen) atoms. The smallest absolute Gasteiger partial charge is 0.321 e. The Balaban J connectivity index is 2.08. The van der Waals surface area contributed by atoms with Gasteiger partial charge in [-0.25, -0.2) is 0 Å². The molecule has 10 heteroatoms. The Bertz CT molecular complexity index is 747. The number of nitrogens with zero attached hydrogens (tertiary/aromatic N) is 2. The van der Waals surface area contributed by atoms with E-state index in [-0.39, 0.29) is 5.41 Å². The molecule has 1 aliphatic heterocycles. The quantitative estimate of drug-likeness (QED) is 0.303. The Kier molecular flexibility index (Phi) is 14.2.